The van der Waals surface area contributed by atoms with E-state index in [0.717, 1.165) is 42.8 Å². The average Bonchev–Trinajstić information content (AvgIpc) is 3.15. The fraction of sp³-hybridized carbons (Fsp3) is 0.500. The van der Waals surface area contributed by atoms with Gasteiger partial charge in [-0.15, -0.1) is 11.3 Å². The van der Waals surface area contributed by atoms with Gasteiger partial charge in [0.05, 0.1) is 10.5 Å². The molecule has 2 aliphatic rings. The summed E-state index contributed by atoms with van der Waals surface area (Å²) in [6.45, 7) is 4.78. The molecule has 0 saturated carbocycles. The van der Waals surface area contributed by atoms with Crippen molar-refractivity contribution in [3.63, 3.8) is 0 Å². The summed E-state index contributed by atoms with van der Waals surface area (Å²) >= 11 is 1.44. The molecule has 0 aliphatic carbocycles. The number of benzene rings is 1. The number of likely N-dealkylation sites (N-methyl/N-ethyl adjacent to an activating group) is 1. The number of sulfonamides is 1. The molecular weight excluding hydrogens is 472 g/mol. The van der Waals surface area contributed by atoms with Gasteiger partial charge < -0.3 is 15.1 Å². The second-order valence-corrected chi connectivity index (χ2v) is 12.5. The molecule has 0 radical (unpaired) electrons. The predicted octanol–water partition coefficient (Wildman–Crippen LogP) is 3.11. The molecule has 0 atom stereocenters. The van der Waals surface area contributed by atoms with Crippen LogP contribution >= 0.6 is 11.3 Å². The Balaban J connectivity index is 1.55. The topological polar surface area (TPSA) is 90.0 Å². The van der Waals surface area contributed by atoms with Crippen molar-refractivity contribution in [1.82, 2.24) is 14.1 Å². The van der Waals surface area contributed by atoms with Gasteiger partial charge >= 0.3 is 0 Å². The first kappa shape index (κ1) is 24.8. The molecule has 0 unspecified atom stereocenters. The van der Waals surface area contributed by atoms with Crippen LogP contribution in [0, 0.1) is 5.92 Å². The highest BCUT2D eigenvalue weighted by Crippen LogP contribution is 2.37. The summed E-state index contributed by atoms with van der Waals surface area (Å²) in [4.78, 5) is 31.0. The molecule has 10 heteroatoms. The number of thiophene rings is 1. The molecule has 2 amide bonds. The maximum absolute atomic E-state index is 13.0. The molecule has 1 fully saturated rings. The minimum atomic E-state index is -3.57. The molecule has 2 aromatic rings. The van der Waals surface area contributed by atoms with E-state index in [4.69, 9.17) is 0 Å². The van der Waals surface area contributed by atoms with Gasteiger partial charge in [-0.25, -0.2) is 8.42 Å². The van der Waals surface area contributed by atoms with Gasteiger partial charge in [0.15, 0.2) is 0 Å². The Morgan fingerprint density at radius 2 is 1.74 bits per heavy atom. The summed E-state index contributed by atoms with van der Waals surface area (Å²) in [5.41, 5.74) is 1.91. The van der Waals surface area contributed by atoms with Gasteiger partial charge in [-0.2, -0.15) is 4.31 Å². The number of rotatable bonds is 5. The minimum absolute atomic E-state index is 0.130. The Hall–Kier alpha value is -2.27. The van der Waals surface area contributed by atoms with Crippen LogP contribution in [0.1, 0.15) is 50.9 Å². The standard InChI is InChI=1S/C24H32N4O4S2/c1-16-9-13-28(14-10-16)34(31,32)18-7-5-17(6-8-18)22(29)25-23-21(24(30)26(2)3)19-11-12-27(4)15-20(19)33-23/h5-8,16H,9-15H2,1-4H3,(H,25,29). The largest absolute Gasteiger partial charge is 0.345 e. The highest BCUT2D eigenvalue weighted by Gasteiger charge is 2.30. The van der Waals surface area contributed by atoms with E-state index in [1.807, 2.05) is 7.05 Å². The number of carbonyl (C=O) groups is 2. The second-order valence-electron chi connectivity index (χ2n) is 9.46. The van der Waals surface area contributed by atoms with E-state index >= 15 is 0 Å². The Morgan fingerprint density at radius 1 is 1.09 bits per heavy atom. The molecule has 1 saturated heterocycles. The molecule has 1 aromatic heterocycles. The van der Waals surface area contributed by atoms with Gasteiger partial charge in [0.25, 0.3) is 11.8 Å². The van der Waals surface area contributed by atoms with Crippen molar-refractivity contribution in [1.29, 1.82) is 0 Å². The fourth-order valence-corrected chi connectivity index (χ4v) is 7.18. The fourth-order valence-electron chi connectivity index (χ4n) is 4.40. The van der Waals surface area contributed by atoms with E-state index in [-0.39, 0.29) is 16.7 Å². The molecule has 8 nitrogen and oxygen atoms in total. The first-order valence-electron chi connectivity index (χ1n) is 11.5. The van der Waals surface area contributed by atoms with Crippen molar-refractivity contribution >= 4 is 38.2 Å². The molecule has 3 heterocycles. The van der Waals surface area contributed by atoms with Crippen LogP contribution in [0.25, 0.3) is 0 Å². The van der Waals surface area contributed by atoms with Crippen molar-refractivity contribution in [2.45, 2.75) is 37.6 Å². The zero-order valence-electron chi connectivity index (χ0n) is 20.1. The molecule has 1 N–H and O–H groups in total. The van der Waals surface area contributed by atoms with E-state index in [1.165, 1.54) is 44.8 Å². The second kappa shape index (κ2) is 9.77. The van der Waals surface area contributed by atoms with Gasteiger partial charge in [0.1, 0.15) is 5.00 Å². The summed E-state index contributed by atoms with van der Waals surface area (Å²) < 4.78 is 27.5. The molecule has 2 aliphatic heterocycles. The lowest BCUT2D eigenvalue weighted by atomic mass is 10.0. The normalized spacial score (nSPS) is 17.9. The molecule has 1 aromatic carbocycles. The van der Waals surface area contributed by atoms with E-state index in [1.54, 1.807) is 14.1 Å². The van der Waals surface area contributed by atoms with Gasteiger partial charge in [0, 0.05) is 50.7 Å². The van der Waals surface area contributed by atoms with Crippen LogP contribution in [0.15, 0.2) is 29.2 Å². The lowest BCUT2D eigenvalue weighted by Crippen LogP contribution is -2.37. The number of carbonyl (C=O) groups excluding carboxylic acids is 2. The summed E-state index contributed by atoms with van der Waals surface area (Å²) in [6, 6.07) is 6.04. The molecule has 34 heavy (non-hydrogen) atoms. The van der Waals surface area contributed by atoms with Crippen LogP contribution < -0.4 is 5.32 Å². The summed E-state index contributed by atoms with van der Waals surface area (Å²) in [7, 11) is 1.87. The van der Waals surface area contributed by atoms with Crippen LogP contribution in [0.4, 0.5) is 5.00 Å². The minimum Gasteiger partial charge on any atom is -0.345 e. The van der Waals surface area contributed by atoms with E-state index < -0.39 is 10.0 Å². The van der Waals surface area contributed by atoms with Gasteiger partial charge in [-0.05, 0) is 62.1 Å². The average molecular weight is 505 g/mol. The Bertz CT molecular complexity index is 1180. The summed E-state index contributed by atoms with van der Waals surface area (Å²) in [6.07, 6.45) is 2.47. The third kappa shape index (κ3) is 4.91. The number of nitrogens with one attached hydrogen (secondary N) is 1. The predicted molar refractivity (Wildman–Crippen MR) is 134 cm³/mol. The number of hydrogen-bond donors (Lipinski definition) is 1. The van der Waals surface area contributed by atoms with Crippen molar-refractivity contribution in [2.24, 2.45) is 5.92 Å². The van der Waals surface area contributed by atoms with Crippen LogP contribution in [-0.4, -0.2) is 75.1 Å². The molecule has 0 bridgehead atoms. The van der Waals surface area contributed by atoms with Crippen molar-refractivity contribution in [3.8, 4) is 0 Å². The van der Waals surface area contributed by atoms with Gasteiger partial charge in [-0.1, -0.05) is 6.92 Å². The molecular formula is C24H32N4O4S2. The van der Waals surface area contributed by atoms with Crippen LogP contribution in [0.3, 0.4) is 0 Å². The SMILES string of the molecule is CC1CCN(S(=O)(=O)c2ccc(C(=O)Nc3sc4c(c3C(=O)N(C)C)CCN(C)C4)cc2)CC1. The Morgan fingerprint density at radius 3 is 2.35 bits per heavy atom. The van der Waals surface area contributed by atoms with Crippen LogP contribution in [-0.2, 0) is 23.0 Å². The molecule has 0 spiro atoms. The van der Waals surface area contributed by atoms with Crippen molar-refractivity contribution in [3.05, 3.63) is 45.8 Å². The number of piperidine rings is 1. The maximum atomic E-state index is 13.0. The van der Waals surface area contributed by atoms with E-state index in [9.17, 15) is 18.0 Å². The lowest BCUT2D eigenvalue weighted by Gasteiger charge is -2.29. The third-order valence-electron chi connectivity index (χ3n) is 6.59. The van der Waals surface area contributed by atoms with E-state index in [0.29, 0.717) is 35.1 Å². The lowest BCUT2D eigenvalue weighted by molar-refractivity contribution is 0.0827. The van der Waals surface area contributed by atoms with Crippen LogP contribution in [0.5, 0.6) is 0 Å². The molecule has 4 rings (SSSR count). The zero-order chi connectivity index (χ0) is 24.6. The monoisotopic (exact) mass is 504 g/mol. The van der Waals surface area contributed by atoms with Crippen LogP contribution in [0.2, 0.25) is 0 Å². The number of amides is 2. The highest BCUT2D eigenvalue weighted by molar-refractivity contribution is 7.89. The number of fused-ring (bicyclic) bond motifs is 1. The summed E-state index contributed by atoms with van der Waals surface area (Å²) in [5.74, 6) is 0.0373. The van der Waals surface area contributed by atoms with Crippen molar-refractivity contribution < 1.29 is 18.0 Å². The molecule has 184 valence electrons. The van der Waals surface area contributed by atoms with E-state index in [2.05, 4.69) is 17.1 Å². The highest BCUT2D eigenvalue weighted by atomic mass is 32.2. The number of anilines is 1. The Kier molecular flexibility index (Phi) is 7.14. The summed E-state index contributed by atoms with van der Waals surface area (Å²) in [5, 5.41) is 3.46. The van der Waals surface area contributed by atoms with Crippen molar-refractivity contribution in [2.75, 3.05) is 46.1 Å². The third-order valence-corrected chi connectivity index (χ3v) is 9.64. The van der Waals surface area contributed by atoms with Gasteiger partial charge in [0.2, 0.25) is 10.0 Å². The first-order chi connectivity index (χ1) is 16.1. The zero-order valence-corrected chi connectivity index (χ0v) is 21.8. The number of hydrogen-bond acceptors (Lipinski definition) is 6. The van der Waals surface area contributed by atoms with Gasteiger partial charge in [-0.3, -0.25) is 9.59 Å². The Labute approximate surface area is 205 Å². The quantitative estimate of drug-likeness (QED) is 0.676. The first-order valence-corrected chi connectivity index (χ1v) is 13.8. The smallest absolute Gasteiger partial charge is 0.256 e. The number of nitrogens with zero attached hydrogens (tertiary/aromatic N) is 3. The maximum Gasteiger partial charge on any atom is 0.256 e.